The van der Waals surface area contributed by atoms with Crippen LogP contribution in [0.3, 0.4) is 0 Å². The zero-order valence-electron chi connectivity index (χ0n) is 9.77. The molecule has 17 heavy (non-hydrogen) atoms. The van der Waals surface area contributed by atoms with E-state index in [2.05, 4.69) is 5.10 Å². The standard InChI is InChI=1S/C12H14FN3S/c1-3-10-11(14)12(16(2)15-10)17-9-6-4-8(13)5-7-9/h4-7H,3,14H2,1-2H3. The zero-order valence-corrected chi connectivity index (χ0v) is 10.6. The van der Waals surface area contributed by atoms with Crippen LogP contribution in [0.2, 0.25) is 0 Å². The molecule has 3 nitrogen and oxygen atoms in total. The highest BCUT2D eigenvalue weighted by atomic mass is 32.2. The minimum atomic E-state index is -0.235. The van der Waals surface area contributed by atoms with E-state index in [9.17, 15) is 4.39 Å². The Bertz CT molecular complexity index is 519. The molecule has 0 aliphatic heterocycles. The van der Waals surface area contributed by atoms with Crippen LogP contribution < -0.4 is 5.73 Å². The summed E-state index contributed by atoms with van der Waals surface area (Å²) in [5.74, 6) is -0.235. The molecule has 0 atom stereocenters. The summed E-state index contributed by atoms with van der Waals surface area (Å²) in [6, 6.07) is 6.35. The first-order valence-corrected chi connectivity index (χ1v) is 6.18. The van der Waals surface area contributed by atoms with E-state index >= 15 is 0 Å². The minimum absolute atomic E-state index is 0.235. The lowest BCUT2D eigenvalue weighted by Crippen LogP contribution is -1.93. The molecule has 0 unspecified atom stereocenters. The molecule has 1 heterocycles. The first kappa shape index (κ1) is 12.0. The van der Waals surface area contributed by atoms with Crippen molar-refractivity contribution in [2.75, 3.05) is 5.73 Å². The molecule has 2 N–H and O–H groups in total. The van der Waals surface area contributed by atoms with E-state index in [1.54, 1.807) is 16.8 Å². The SMILES string of the molecule is CCc1nn(C)c(Sc2ccc(F)cc2)c1N. The van der Waals surface area contributed by atoms with E-state index < -0.39 is 0 Å². The summed E-state index contributed by atoms with van der Waals surface area (Å²) in [6.45, 7) is 2.02. The summed E-state index contributed by atoms with van der Waals surface area (Å²) >= 11 is 1.49. The average molecular weight is 251 g/mol. The largest absolute Gasteiger partial charge is 0.395 e. The highest BCUT2D eigenvalue weighted by Crippen LogP contribution is 2.33. The maximum Gasteiger partial charge on any atom is 0.123 e. The molecular formula is C12H14FN3S. The zero-order chi connectivity index (χ0) is 12.4. The van der Waals surface area contributed by atoms with E-state index in [4.69, 9.17) is 5.73 Å². The molecule has 2 aromatic rings. The summed E-state index contributed by atoms with van der Waals surface area (Å²) < 4.78 is 14.6. The molecule has 0 radical (unpaired) electrons. The molecule has 0 saturated heterocycles. The maximum absolute atomic E-state index is 12.8. The third kappa shape index (κ3) is 2.44. The van der Waals surface area contributed by atoms with Crippen molar-refractivity contribution in [3.05, 3.63) is 35.8 Å². The van der Waals surface area contributed by atoms with Crippen LogP contribution in [0.25, 0.3) is 0 Å². The lowest BCUT2D eigenvalue weighted by molar-refractivity contribution is 0.626. The van der Waals surface area contributed by atoms with Crippen molar-refractivity contribution in [1.29, 1.82) is 0 Å². The minimum Gasteiger partial charge on any atom is -0.395 e. The molecule has 2 rings (SSSR count). The monoisotopic (exact) mass is 251 g/mol. The predicted octanol–water partition coefficient (Wildman–Crippen LogP) is 2.86. The topological polar surface area (TPSA) is 43.8 Å². The molecule has 1 aromatic carbocycles. The van der Waals surface area contributed by atoms with Gasteiger partial charge in [0.25, 0.3) is 0 Å². The Morgan fingerprint density at radius 2 is 2.00 bits per heavy atom. The van der Waals surface area contributed by atoms with Gasteiger partial charge in [-0.2, -0.15) is 5.10 Å². The van der Waals surface area contributed by atoms with Crippen molar-refractivity contribution in [2.45, 2.75) is 23.3 Å². The van der Waals surface area contributed by atoms with Crippen molar-refractivity contribution in [3.63, 3.8) is 0 Å². The Hall–Kier alpha value is -1.49. The fourth-order valence-electron chi connectivity index (χ4n) is 1.57. The van der Waals surface area contributed by atoms with Crippen LogP contribution in [0.1, 0.15) is 12.6 Å². The number of nitrogens with zero attached hydrogens (tertiary/aromatic N) is 2. The van der Waals surface area contributed by atoms with Gasteiger partial charge in [-0.3, -0.25) is 4.68 Å². The van der Waals surface area contributed by atoms with E-state index in [0.717, 1.165) is 22.0 Å². The fourth-order valence-corrected chi connectivity index (χ4v) is 2.47. The van der Waals surface area contributed by atoms with Gasteiger partial charge in [0.2, 0.25) is 0 Å². The van der Waals surface area contributed by atoms with Crippen LogP contribution >= 0.6 is 11.8 Å². The molecule has 0 aliphatic rings. The summed E-state index contributed by atoms with van der Waals surface area (Å²) in [4.78, 5) is 0.948. The van der Waals surface area contributed by atoms with Gasteiger partial charge in [0, 0.05) is 11.9 Å². The Kier molecular flexibility index (Phi) is 3.38. The van der Waals surface area contributed by atoms with Gasteiger partial charge in [-0.1, -0.05) is 18.7 Å². The predicted molar refractivity (Wildman–Crippen MR) is 67.5 cm³/mol. The van der Waals surface area contributed by atoms with Crippen molar-refractivity contribution < 1.29 is 4.39 Å². The first-order valence-electron chi connectivity index (χ1n) is 5.36. The molecule has 0 saturated carbocycles. The molecule has 0 spiro atoms. The Balaban J connectivity index is 2.29. The second-order valence-corrected chi connectivity index (χ2v) is 4.76. The van der Waals surface area contributed by atoms with Gasteiger partial charge in [-0.15, -0.1) is 0 Å². The highest BCUT2D eigenvalue weighted by Gasteiger charge is 2.12. The van der Waals surface area contributed by atoms with Crippen molar-refractivity contribution >= 4 is 17.4 Å². The second kappa shape index (κ2) is 4.79. The molecule has 1 aromatic heterocycles. The Labute approximate surface area is 104 Å². The van der Waals surface area contributed by atoms with Gasteiger partial charge in [0.15, 0.2) is 0 Å². The number of anilines is 1. The van der Waals surface area contributed by atoms with Gasteiger partial charge in [0.05, 0.1) is 11.4 Å². The van der Waals surface area contributed by atoms with Crippen LogP contribution in [-0.2, 0) is 13.5 Å². The van der Waals surface area contributed by atoms with E-state index in [1.165, 1.54) is 23.9 Å². The number of hydrogen-bond acceptors (Lipinski definition) is 3. The van der Waals surface area contributed by atoms with Gasteiger partial charge < -0.3 is 5.73 Å². The maximum atomic E-state index is 12.8. The average Bonchev–Trinajstić information content (AvgIpc) is 2.59. The summed E-state index contributed by atoms with van der Waals surface area (Å²) in [5, 5.41) is 5.24. The second-order valence-electron chi connectivity index (χ2n) is 3.70. The molecule has 0 fully saturated rings. The van der Waals surface area contributed by atoms with Crippen LogP contribution in [0.4, 0.5) is 10.1 Å². The van der Waals surface area contributed by atoms with Crippen molar-refractivity contribution in [1.82, 2.24) is 9.78 Å². The normalized spacial score (nSPS) is 10.8. The number of aromatic nitrogens is 2. The number of rotatable bonds is 3. The van der Waals surface area contributed by atoms with E-state index in [1.807, 2.05) is 14.0 Å². The summed E-state index contributed by atoms with van der Waals surface area (Å²) in [5.41, 5.74) is 7.63. The first-order chi connectivity index (χ1) is 8.11. The molecule has 90 valence electrons. The third-order valence-corrected chi connectivity index (χ3v) is 3.65. The van der Waals surface area contributed by atoms with Crippen LogP contribution in [0, 0.1) is 5.82 Å². The summed E-state index contributed by atoms with van der Waals surface area (Å²) in [6.07, 6.45) is 0.809. The number of halogens is 1. The van der Waals surface area contributed by atoms with Gasteiger partial charge in [0.1, 0.15) is 10.8 Å². The fraction of sp³-hybridized carbons (Fsp3) is 0.250. The van der Waals surface area contributed by atoms with Crippen molar-refractivity contribution in [2.24, 2.45) is 7.05 Å². The molecule has 5 heteroatoms. The number of aryl methyl sites for hydroxylation is 2. The van der Waals surface area contributed by atoms with E-state index in [-0.39, 0.29) is 5.82 Å². The smallest absolute Gasteiger partial charge is 0.123 e. The summed E-state index contributed by atoms with van der Waals surface area (Å²) in [7, 11) is 1.86. The molecule has 0 bridgehead atoms. The Morgan fingerprint density at radius 3 is 2.53 bits per heavy atom. The molecular weight excluding hydrogens is 237 g/mol. The Morgan fingerprint density at radius 1 is 1.35 bits per heavy atom. The van der Waals surface area contributed by atoms with Gasteiger partial charge in [-0.05, 0) is 30.7 Å². The number of hydrogen-bond donors (Lipinski definition) is 1. The van der Waals surface area contributed by atoms with Crippen LogP contribution in [0.15, 0.2) is 34.2 Å². The van der Waals surface area contributed by atoms with E-state index in [0.29, 0.717) is 5.69 Å². The van der Waals surface area contributed by atoms with Gasteiger partial charge >= 0.3 is 0 Å². The van der Waals surface area contributed by atoms with Crippen LogP contribution in [0.5, 0.6) is 0 Å². The van der Waals surface area contributed by atoms with Gasteiger partial charge in [-0.25, -0.2) is 4.39 Å². The molecule has 0 aliphatic carbocycles. The van der Waals surface area contributed by atoms with Crippen molar-refractivity contribution in [3.8, 4) is 0 Å². The highest BCUT2D eigenvalue weighted by molar-refractivity contribution is 7.99. The van der Waals surface area contributed by atoms with Crippen LogP contribution in [-0.4, -0.2) is 9.78 Å². The number of nitrogens with two attached hydrogens (primary N) is 1. The lowest BCUT2D eigenvalue weighted by Gasteiger charge is -2.03. The molecule has 0 amide bonds. The number of nitrogen functional groups attached to an aromatic ring is 1. The lowest BCUT2D eigenvalue weighted by atomic mass is 10.3. The quantitative estimate of drug-likeness (QED) is 0.912. The third-order valence-electron chi connectivity index (χ3n) is 2.47. The number of benzene rings is 1.